The number of benzene rings is 2. The van der Waals surface area contributed by atoms with Crippen molar-refractivity contribution in [2.75, 3.05) is 6.54 Å². The zero-order valence-electron chi connectivity index (χ0n) is 14.6. The summed E-state index contributed by atoms with van der Waals surface area (Å²) in [5.74, 6) is 0.320. The van der Waals surface area contributed by atoms with Crippen LogP contribution < -0.4 is 5.73 Å². The van der Waals surface area contributed by atoms with Crippen LogP contribution in [0.5, 0.6) is 0 Å². The first kappa shape index (κ1) is 18.1. The zero-order chi connectivity index (χ0) is 17.8. The maximum absolute atomic E-state index is 12.9. The number of halogens is 1. The number of carbonyl (C=O) groups excluding carboxylic acids is 1. The van der Waals surface area contributed by atoms with Gasteiger partial charge in [0.25, 0.3) is 0 Å². The highest BCUT2D eigenvalue weighted by Crippen LogP contribution is 2.29. The fourth-order valence-corrected chi connectivity index (χ4v) is 3.90. The van der Waals surface area contributed by atoms with Gasteiger partial charge in [-0.3, -0.25) is 9.69 Å². The molecule has 0 saturated carbocycles. The molecule has 1 saturated heterocycles. The van der Waals surface area contributed by atoms with Crippen molar-refractivity contribution in [2.45, 2.75) is 38.4 Å². The first-order chi connectivity index (χ1) is 12.0. The third-order valence-corrected chi connectivity index (χ3v) is 5.35. The highest BCUT2D eigenvalue weighted by atomic mass is 35.5. The lowest BCUT2D eigenvalue weighted by Crippen LogP contribution is -2.52. The van der Waals surface area contributed by atoms with Gasteiger partial charge in [0, 0.05) is 29.1 Å². The van der Waals surface area contributed by atoms with E-state index in [0.717, 1.165) is 36.4 Å². The molecule has 3 nitrogen and oxygen atoms in total. The maximum atomic E-state index is 12.9. The Morgan fingerprint density at radius 2 is 1.88 bits per heavy atom. The van der Waals surface area contributed by atoms with Crippen molar-refractivity contribution in [3.05, 3.63) is 70.7 Å². The van der Waals surface area contributed by atoms with Crippen LogP contribution in [0.15, 0.2) is 54.6 Å². The number of Topliss-reactive ketones (excluding diaryl/α,β-unsaturated/α-hetero) is 1. The SMILES string of the molecule is CC(N)N1CCC(C(=O)c2ccccc2)CC1Cc1ccc(Cl)cc1. The summed E-state index contributed by atoms with van der Waals surface area (Å²) in [7, 11) is 0. The van der Waals surface area contributed by atoms with Crippen molar-refractivity contribution in [2.24, 2.45) is 11.7 Å². The van der Waals surface area contributed by atoms with Crippen LogP contribution in [0.25, 0.3) is 0 Å². The molecule has 2 aromatic carbocycles. The number of carbonyl (C=O) groups is 1. The Labute approximate surface area is 154 Å². The molecule has 1 aliphatic rings. The minimum Gasteiger partial charge on any atom is -0.316 e. The molecule has 1 heterocycles. The summed E-state index contributed by atoms with van der Waals surface area (Å²) >= 11 is 5.99. The van der Waals surface area contributed by atoms with Crippen LogP contribution in [0.4, 0.5) is 0 Å². The zero-order valence-corrected chi connectivity index (χ0v) is 15.3. The molecule has 0 bridgehead atoms. The molecule has 0 amide bonds. The molecular weight excluding hydrogens is 332 g/mol. The second-order valence-electron chi connectivity index (χ2n) is 6.91. The molecule has 2 aromatic rings. The summed E-state index contributed by atoms with van der Waals surface area (Å²) in [6.45, 7) is 2.88. The molecule has 2 N–H and O–H groups in total. The van der Waals surface area contributed by atoms with Gasteiger partial charge in [-0.25, -0.2) is 0 Å². The number of piperidine rings is 1. The third kappa shape index (κ3) is 4.49. The van der Waals surface area contributed by atoms with Gasteiger partial charge in [0.1, 0.15) is 0 Å². The number of hydrogen-bond acceptors (Lipinski definition) is 3. The number of nitrogens with zero attached hydrogens (tertiary/aromatic N) is 1. The highest BCUT2D eigenvalue weighted by molar-refractivity contribution is 6.30. The van der Waals surface area contributed by atoms with Crippen molar-refractivity contribution in [3.8, 4) is 0 Å². The van der Waals surface area contributed by atoms with Gasteiger partial charge in [-0.2, -0.15) is 0 Å². The third-order valence-electron chi connectivity index (χ3n) is 5.10. The smallest absolute Gasteiger partial charge is 0.166 e. The summed E-state index contributed by atoms with van der Waals surface area (Å²) in [6, 6.07) is 17.8. The Morgan fingerprint density at radius 3 is 2.52 bits per heavy atom. The quantitative estimate of drug-likeness (QED) is 0.818. The molecule has 25 heavy (non-hydrogen) atoms. The number of rotatable bonds is 5. The van der Waals surface area contributed by atoms with E-state index in [2.05, 4.69) is 17.0 Å². The number of hydrogen-bond donors (Lipinski definition) is 1. The van der Waals surface area contributed by atoms with Crippen molar-refractivity contribution >= 4 is 17.4 Å². The molecule has 1 aliphatic heterocycles. The second-order valence-corrected chi connectivity index (χ2v) is 7.35. The van der Waals surface area contributed by atoms with Crippen molar-refractivity contribution in [1.29, 1.82) is 0 Å². The van der Waals surface area contributed by atoms with E-state index in [4.69, 9.17) is 17.3 Å². The van der Waals surface area contributed by atoms with E-state index >= 15 is 0 Å². The van der Waals surface area contributed by atoms with E-state index < -0.39 is 0 Å². The average Bonchev–Trinajstić information content (AvgIpc) is 2.63. The minimum atomic E-state index is -0.00919. The van der Waals surface area contributed by atoms with Crippen LogP contribution in [-0.4, -0.2) is 29.4 Å². The predicted octanol–water partition coefficient (Wildman–Crippen LogP) is 4.15. The number of nitrogens with two attached hydrogens (primary N) is 1. The van der Waals surface area contributed by atoms with Crippen LogP contribution in [-0.2, 0) is 6.42 Å². The summed E-state index contributed by atoms with van der Waals surface area (Å²) in [4.78, 5) is 15.2. The van der Waals surface area contributed by atoms with Crippen molar-refractivity contribution < 1.29 is 4.79 Å². The van der Waals surface area contributed by atoms with E-state index in [1.54, 1.807) is 0 Å². The minimum absolute atomic E-state index is 0.00919. The normalized spacial score (nSPS) is 22.5. The largest absolute Gasteiger partial charge is 0.316 e. The lowest BCUT2D eigenvalue weighted by Gasteiger charge is -2.41. The first-order valence-electron chi connectivity index (χ1n) is 8.89. The van der Waals surface area contributed by atoms with Gasteiger partial charge in [0.05, 0.1) is 6.17 Å². The molecule has 1 fully saturated rings. The standard InChI is InChI=1S/C21H25ClN2O/c1-15(23)24-12-11-18(21(25)17-5-3-2-4-6-17)14-20(24)13-16-7-9-19(22)10-8-16/h2-10,15,18,20H,11-14,23H2,1H3. The first-order valence-corrected chi connectivity index (χ1v) is 9.27. The summed E-state index contributed by atoms with van der Waals surface area (Å²) in [6.07, 6.45) is 2.59. The van der Waals surface area contributed by atoms with Gasteiger partial charge in [0.15, 0.2) is 5.78 Å². The van der Waals surface area contributed by atoms with Crippen LogP contribution in [0.1, 0.15) is 35.7 Å². The van der Waals surface area contributed by atoms with Gasteiger partial charge in [-0.05, 0) is 43.9 Å². The molecule has 0 aliphatic carbocycles. The molecule has 4 heteroatoms. The molecule has 3 rings (SSSR count). The Hall–Kier alpha value is -1.68. The van der Waals surface area contributed by atoms with Gasteiger partial charge in [0.2, 0.25) is 0 Å². The average molecular weight is 357 g/mol. The molecule has 3 atom stereocenters. The molecule has 0 radical (unpaired) electrons. The Kier molecular flexibility index (Phi) is 5.89. The van der Waals surface area contributed by atoms with Gasteiger partial charge in [-0.15, -0.1) is 0 Å². The van der Waals surface area contributed by atoms with Gasteiger partial charge >= 0.3 is 0 Å². The number of likely N-dealkylation sites (tertiary alicyclic amines) is 1. The summed E-state index contributed by atoms with van der Waals surface area (Å²) in [5.41, 5.74) is 8.23. The lowest BCUT2D eigenvalue weighted by atomic mass is 9.83. The summed E-state index contributed by atoms with van der Waals surface area (Å²) in [5, 5.41) is 0.744. The fourth-order valence-electron chi connectivity index (χ4n) is 3.77. The summed E-state index contributed by atoms with van der Waals surface area (Å²) < 4.78 is 0. The van der Waals surface area contributed by atoms with Crippen LogP contribution in [0.2, 0.25) is 5.02 Å². The van der Waals surface area contributed by atoms with E-state index in [0.29, 0.717) is 0 Å². The fraction of sp³-hybridized carbons (Fsp3) is 0.381. The maximum Gasteiger partial charge on any atom is 0.166 e. The second kappa shape index (κ2) is 8.13. The highest BCUT2D eigenvalue weighted by Gasteiger charge is 2.33. The predicted molar refractivity (Wildman–Crippen MR) is 103 cm³/mol. The van der Waals surface area contributed by atoms with Crippen LogP contribution in [0.3, 0.4) is 0 Å². The lowest BCUT2D eigenvalue weighted by molar-refractivity contribution is 0.0604. The molecular formula is C21H25ClN2O. The topological polar surface area (TPSA) is 46.3 Å². The van der Waals surface area contributed by atoms with E-state index in [1.807, 2.05) is 49.4 Å². The van der Waals surface area contributed by atoms with Crippen molar-refractivity contribution in [3.63, 3.8) is 0 Å². The van der Waals surface area contributed by atoms with E-state index in [1.165, 1.54) is 5.56 Å². The molecule has 0 aromatic heterocycles. The Morgan fingerprint density at radius 1 is 1.20 bits per heavy atom. The van der Waals surface area contributed by atoms with Gasteiger partial charge < -0.3 is 5.73 Å². The van der Waals surface area contributed by atoms with E-state index in [-0.39, 0.29) is 23.9 Å². The van der Waals surface area contributed by atoms with E-state index in [9.17, 15) is 4.79 Å². The molecule has 0 spiro atoms. The molecule has 132 valence electrons. The Bertz CT molecular complexity index is 700. The van der Waals surface area contributed by atoms with Crippen LogP contribution in [0, 0.1) is 5.92 Å². The molecule has 3 unspecified atom stereocenters. The Balaban J connectivity index is 1.75. The number of ketones is 1. The van der Waals surface area contributed by atoms with Crippen molar-refractivity contribution in [1.82, 2.24) is 4.90 Å². The van der Waals surface area contributed by atoms with Crippen LogP contribution >= 0.6 is 11.6 Å². The monoisotopic (exact) mass is 356 g/mol. The van der Waals surface area contributed by atoms with Gasteiger partial charge in [-0.1, -0.05) is 54.1 Å².